The number of amides is 2. The molecule has 3 aromatic rings. The summed E-state index contributed by atoms with van der Waals surface area (Å²) in [5, 5.41) is 2.66. The van der Waals surface area contributed by atoms with Gasteiger partial charge in [-0.3, -0.25) is 9.59 Å². The van der Waals surface area contributed by atoms with E-state index < -0.39 is 24.7 Å². The number of rotatable bonds is 6. The summed E-state index contributed by atoms with van der Waals surface area (Å²) >= 11 is 0. The van der Waals surface area contributed by atoms with Crippen molar-refractivity contribution in [2.75, 3.05) is 11.9 Å². The first kappa shape index (κ1) is 22.3. The Hall–Kier alpha value is -3.89. The van der Waals surface area contributed by atoms with E-state index in [0.29, 0.717) is 22.3 Å². The van der Waals surface area contributed by atoms with Crippen LogP contribution in [0.25, 0.3) is 0 Å². The summed E-state index contributed by atoms with van der Waals surface area (Å²) < 4.78 is 47.1. The highest BCUT2D eigenvalue weighted by atomic mass is 19.4. The first-order valence-electron chi connectivity index (χ1n) is 9.94. The molecule has 0 radical (unpaired) electrons. The topological polar surface area (TPSA) is 97.6 Å². The summed E-state index contributed by atoms with van der Waals surface area (Å²) in [5.41, 5.74) is 2.01. The van der Waals surface area contributed by atoms with Crippen LogP contribution in [0.1, 0.15) is 50.6 Å². The van der Waals surface area contributed by atoms with Crippen molar-refractivity contribution in [2.24, 2.45) is 0 Å². The molecule has 4 rings (SSSR count). The highest BCUT2D eigenvalue weighted by Gasteiger charge is 2.34. The third-order valence-corrected chi connectivity index (χ3v) is 5.23. The van der Waals surface area contributed by atoms with Gasteiger partial charge in [-0.05, 0) is 43.7 Å². The number of carbonyl (C=O) groups excluding carboxylic acids is 2. The van der Waals surface area contributed by atoms with E-state index in [1.165, 1.54) is 24.7 Å². The van der Waals surface area contributed by atoms with Crippen LogP contribution >= 0.6 is 0 Å². The number of furan rings is 1. The van der Waals surface area contributed by atoms with Gasteiger partial charge in [-0.2, -0.15) is 13.2 Å². The Morgan fingerprint density at radius 3 is 2.79 bits per heavy atom. The van der Waals surface area contributed by atoms with Crippen molar-refractivity contribution in [2.45, 2.75) is 32.6 Å². The van der Waals surface area contributed by atoms with E-state index in [0.717, 1.165) is 0 Å². The zero-order valence-electron chi connectivity index (χ0n) is 17.6. The van der Waals surface area contributed by atoms with Gasteiger partial charge in [0, 0.05) is 29.1 Å². The number of halogens is 3. The van der Waals surface area contributed by atoms with E-state index in [1.54, 1.807) is 36.9 Å². The van der Waals surface area contributed by atoms with E-state index in [1.807, 2.05) is 0 Å². The van der Waals surface area contributed by atoms with Gasteiger partial charge in [0.05, 0.1) is 18.8 Å². The minimum Gasteiger partial charge on any atom is -0.468 e. The SMILES string of the molecule is Cc1cc(C(C)N2Cc3c(ccnc3NC(=O)c3ccco3)C2=O)cnc1OCC(F)(F)F. The first-order chi connectivity index (χ1) is 15.6. The molecule has 1 atom stereocenters. The van der Waals surface area contributed by atoms with Crippen LogP contribution in [-0.4, -0.2) is 39.5 Å². The number of anilines is 1. The maximum absolute atomic E-state index is 13.0. The minimum atomic E-state index is -4.47. The molecule has 3 aromatic heterocycles. The lowest BCUT2D eigenvalue weighted by atomic mass is 10.1. The number of hydrogen-bond acceptors (Lipinski definition) is 6. The number of aryl methyl sites for hydroxylation is 1. The number of nitrogens with one attached hydrogen (secondary N) is 1. The van der Waals surface area contributed by atoms with Crippen molar-refractivity contribution in [3.63, 3.8) is 0 Å². The van der Waals surface area contributed by atoms with Gasteiger partial charge >= 0.3 is 6.18 Å². The van der Waals surface area contributed by atoms with Crippen molar-refractivity contribution in [3.05, 3.63) is 70.9 Å². The average Bonchev–Trinajstić information content (AvgIpc) is 3.41. The second-order valence-corrected chi connectivity index (χ2v) is 7.52. The van der Waals surface area contributed by atoms with E-state index in [2.05, 4.69) is 15.3 Å². The fraction of sp³-hybridized carbons (Fsp3) is 0.273. The number of fused-ring (bicyclic) bond motifs is 1. The lowest BCUT2D eigenvalue weighted by Crippen LogP contribution is -2.27. The molecule has 0 aromatic carbocycles. The van der Waals surface area contributed by atoms with E-state index >= 15 is 0 Å². The van der Waals surface area contributed by atoms with Crippen LogP contribution in [-0.2, 0) is 6.54 Å². The Morgan fingerprint density at radius 1 is 1.33 bits per heavy atom. The first-order valence-corrected chi connectivity index (χ1v) is 9.94. The van der Waals surface area contributed by atoms with Gasteiger partial charge in [0.2, 0.25) is 5.88 Å². The van der Waals surface area contributed by atoms with Crippen molar-refractivity contribution in [3.8, 4) is 5.88 Å². The fourth-order valence-electron chi connectivity index (χ4n) is 3.54. The van der Waals surface area contributed by atoms with Crippen LogP contribution in [0.4, 0.5) is 19.0 Å². The zero-order chi connectivity index (χ0) is 23.8. The molecule has 0 spiro atoms. The summed E-state index contributed by atoms with van der Waals surface area (Å²) in [6.07, 6.45) is -0.273. The van der Waals surface area contributed by atoms with Crippen LogP contribution < -0.4 is 10.1 Å². The van der Waals surface area contributed by atoms with E-state index in [-0.39, 0.29) is 29.9 Å². The van der Waals surface area contributed by atoms with Gasteiger partial charge in [0.25, 0.3) is 11.8 Å². The summed E-state index contributed by atoms with van der Waals surface area (Å²) in [6.45, 7) is 2.12. The Morgan fingerprint density at radius 2 is 2.12 bits per heavy atom. The van der Waals surface area contributed by atoms with Crippen LogP contribution in [0.3, 0.4) is 0 Å². The van der Waals surface area contributed by atoms with Gasteiger partial charge in [0.15, 0.2) is 12.4 Å². The Balaban J connectivity index is 1.52. The fourth-order valence-corrected chi connectivity index (χ4v) is 3.54. The quantitative estimate of drug-likeness (QED) is 0.590. The Kier molecular flexibility index (Phi) is 5.79. The standard InChI is InChI=1S/C22H19F3N4O4/c1-12-8-14(9-27-20(12)33-11-22(23,24)25)13(2)29-10-16-15(21(29)31)5-6-26-18(16)28-19(30)17-4-3-7-32-17/h3-9,13H,10-11H2,1-2H3,(H,26,28,30). The Bertz CT molecular complexity index is 1190. The van der Waals surface area contributed by atoms with Crippen molar-refractivity contribution < 1.29 is 31.9 Å². The smallest absolute Gasteiger partial charge is 0.422 e. The molecule has 1 unspecified atom stereocenters. The van der Waals surface area contributed by atoms with Gasteiger partial charge in [-0.15, -0.1) is 0 Å². The maximum Gasteiger partial charge on any atom is 0.422 e. The number of nitrogens with zero attached hydrogens (tertiary/aromatic N) is 3. The molecule has 0 aliphatic carbocycles. The molecule has 0 bridgehead atoms. The molecule has 2 amide bonds. The predicted molar refractivity (Wildman–Crippen MR) is 110 cm³/mol. The molecular weight excluding hydrogens is 441 g/mol. The summed E-state index contributed by atoms with van der Waals surface area (Å²) in [6, 6.07) is 5.86. The number of carbonyl (C=O) groups is 2. The van der Waals surface area contributed by atoms with Gasteiger partial charge in [-0.25, -0.2) is 9.97 Å². The summed E-state index contributed by atoms with van der Waals surface area (Å²) in [4.78, 5) is 35.1. The molecule has 1 aliphatic rings. The molecule has 1 aliphatic heterocycles. The average molecular weight is 460 g/mol. The van der Waals surface area contributed by atoms with Crippen LogP contribution in [0, 0.1) is 6.92 Å². The van der Waals surface area contributed by atoms with Gasteiger partial charge < -0.3 is 19.4 Å². The third-order valence-electron chi connectivity index (χ3n) is 5.23. The lowest BCUT2D eigenvalue weighted by molar-refractivity contribution is -0.154. The van der Waals surface area contributed by atoms with E-state index in [4.69, 9.17) is 9.15 Å². The largest absolute Gasteiger partial charge is 0.468 e. The van der Waals surface area contributed by atoms with Gasteiger partial charge in [0.1, 0.15) is 5.82 Å². The molecule has 11 heteroatoms. The molecule has 0 fully saturated rings. The van der Waals surface area contributed by atoms with Crippen LogP contribution in [0.2, 0.25) is 0 Å². The summed E-state index contributed by atoms with van der Waals surface area (Å²) in [5.74, 6) is -0.510. The van der Waals surface area contributed by atoms with Crippen molar-refractivity contribution in [1.29, 1.82) is 0 Å². The molecule has 172 valence electrons. The van der Waals surface area contributed by atoms with Gasteiger partial charge in [-0.1, -0.05) is 0 Å². The van der Waals surface area contributed by atoms with E-state index in [9.17, 15) is 22.8 Å². The number of hydrogen-bond donors (Lipinski definition) is 1. The highest BCUT2D eigenvalue weighted by Crippen LogP contribution is 2.35. The molecule has 0 saturated heterocycles. The number of pyridine rings is 2. The number of ether oxygens (including phenoxy) is 1. The second kappa shape index (κ2) is 8.57. The lowest BCUT2D eigenvalue weighted by Gasteiger charge is -2.25. The van der Waals surface area contributed by atoms with Crippen LogP contribution in [0.15, 0.2) is 47.3 Å². The highest BCUT2D eigenvalue weighted by molar-refractivity contribution is 6.05. The summed E-state index contributed by atoms with van der Waals surface area (Å²) in [7, 11) is 0. The molecule has 8 nitrogen and oxygen atoms in total. The minimum absolute atomic E-state index is 0.110. The molecule has 33 heavy (non-hydrogen) atoms. The maximum atomic E-state index is 13.0. The molecule has 1 N–H and O–H groups in total. The number of aromatic nitrogens is 2. The monoisotopic (exact) mass is 460 g/mol. The molecular formula is C22H19F3N4O4. The normalized spacial score (nSPS) is 14.2. The molecule has 4 heterocycles. The second-order valence-electron chi connectivity index (χ2n) is 7.52. The van der Waals surface area contributed by atoms with Crippen molar-refractivity contribution in [1.82, 2.24) is 14.9 Å². The van der Waals surface area contributed by atoms with Crippen molar-refractivity contribution >= 4 is 17.6 Å². The predicted octanol–water partition coefficient (Wildman–Crippen LogP) is 4.29. The zero-order valence-corrected chi connectivity index (χ0v) is 17.6. The third kappa shape index (κ3) is 4.66. The van der Waals surface area contributed by atoms with Crippen LogP contribution in [0.5, 0.6) is 5.88 Å². The molecule has 0 saturated carbocycles. The Labute approximate surface area is 186 Å². The number of alkyl halides is 3.